The number of aromatic nitrogens is 2. The van der Waals surface area contributed by atoms with Gasteiger partial charge in [-0.2, -0.15) is 0 Å². The van der Waals surface area contributed by atoms with Crippen molar-refractivity contribution >= 4 is 74.1 Å². The number of unbranched alkanes of at least 4 members (excludes halogenated alkanes) is 1. The van der Waals surface area contributed by atoms with Crippen LogP contribution in [0.4, 0.5) is 15.8 Å². The van der Waals surface area contributed by atoms with Gasteiger partial charge in [-0.25, -0.2) is 14.9 Å². The third-order valence-corrected chi connectivity index (χ3v) is 5.91. The lowest BCUT2D eigenvalue weighted by molar-refractivity contribution is 0.0145. The SMILES string of the molecule is C=COCCONC(=O)c1cc2c(ncn2CCCCCl)c(F)c1Nc1ccc(I)cc1Cl. The molecule has 0 spiro atoms. The van der Waals surface area contributed by atoms with E-state index < -0.39 is 11.7 Å². The number of ether oxygens (including phenoxy) is 1. The van der Waals surface area contributed by atoms with Gasteiger partial charge in [-0.3, -0.25) is 9.63 Å². The zero-order chi connectivity index (χ0) is 23.8. The van der Waals surface area contributed by atoms with Crippen molar-refractivity contribution in [2.45, 2.75) is 19.4 Å². The molecule has 7 nitrogen and oxygen atoms in total. The molecule has 0 fully saturated rings. The topological polar surface area (TPSA) is 77.4 Å². The van der Waals surface area contributed by atoms with Gasteiger partial charge in [-0.15, -0.1) is 11.6 Å². The number of rotatable bonds is 12. The zero-order valence-electron chi connectivity index (χ0n) is 17.5. The fourth-order valence-electron chi connectivity index (χ4n) is 3.08. The number of aryl methyl sites for hydroxylation is 1. The van der Waals surface area contributed by atoms with Crippen molar-refractivity contribution in [2.24, 2.45) is 0 Å². The average molecular weight is 607 g/mol. The van der Waals surface area contributed by atoms with E-state index in [9.17, 15) is 4.79 Å². The molecule has 2 aromatic carbocycles. The fraction of sp³-hybridized carbons (Fsp3) is 0.273. The Balaban J connectivity index is 1.98. The van der Waals surface area contributed by atoms with Crippen LogP contribution in [0.2, 0.25) is 5.02 Å². The van der Waals surface area contributed by atoms with Crippen molar-refractivity contribution in [3.63, 3.8) is 0 Å². The quantitative estimate of drug-likeness (QED) is 0.0867. The minimum Gasteiger partial charge on any atom is -0.499 e. The van der Waals surface area contributed by atoms with E-state index in [1.807, 2.05) is 6.07 Å². The summed E-state index contributed by atoms with van der Waals surface area (Å²) in [5, 5.41) is 3.34. The summed E-state index contributed by atoms with van der Waals surface area (Å²) in [6, 6.07) is 6.84. The van der Waals surface area contributed by atoms with Crippen LogP contribution in [-0.2, 0) is 16.1 Å². The highest BCUT2D eigenvalue weighted by atomic mass is 127. The fourth-order valence-corrected chi connectivity index (χ4v) is 4.18. The first-order chi connectivity index (χ1) is 16.0. The molecule has 3 aromatic rings. The number of benzene rings is 2. The lowest BCUT2D eigenvalue weighted by Crippen LogP contribution is -2.26. The van der Waals surface area contributed by atoms with Crippen molar-refractivity contribution in [3.8, 4) is 0 Å². The summed E-state index contributed by atoms with van der Waals surface area (Å²) in [5.41, 5.74) is 3.39. The summed E-state index contributed by atoms with van der Waals surface area (Å²) in [6.07, 6.45) is 4.42. The smallest absolute Gasteiger partial charge is 0.277 e. The maximum atomic E-state index is 15.6. The van der Waals surface area contributed by atoms with Gasteiger partial charge in [0.1, 0.15) is 18.7 Å². The Morgan fingerprint density at radius 3 is 2.85 bits per heavy atom. The van der Waals surface area contributed by atoms with Gasteiger partial charge in [-0.05, 0) is 59.7 Å². The van der Waals surface area contributed by atoms with Gasteiger partial charge >= 0.3 is 0 Å². The number of anilines is 2. The van der Waals surface area contributed by atoms with E-state index in [0.29, 0.717) is 28.7 Å². The molecule has 0 bridgehead atoms. The molecule has 1 amide bonds. The molecule has 0 aliphatic heterocycles. The standard InChI is InChI=1S/C22H22Cl2FIN4O3/c1-2-32-9-10-33-29-22(31)15-12-18-21(27-13-30(18)8-4-3-7-23)19(25)20(15)28-17-6-5-14(26)11-16(17)24/h2,5-6,11-13,28H,1,3-4,7-10H2,(H,29,31). The number of carbonyl (C=O) groups is 1. The molecule has 3 rings (SSSR count). The van der Waals surface area contributed by atoms with E-state index >= 15 is 4.39 Å². The van der Waals surface area contributed by atoms with Crippen LogP contribution in [-0.4, -0.2) is 34.6 Å². The minimum atomic E-state index is -0.668. The summed E-state index contributed by atoms with van der Waals surface area (Å²) < 4.78 is 23.3. The van der Waals surface area contributed by atoms with Crippen molar-refractivity contribution in [1.29, 1.82) is 0 Å². The Kier molecular flexibility index (Phi) is 9.60. The molecule has 0 saturated heterocycles. The summed E-state index contributed by atoms with van der Waals surface area (Å²) >= 11 is 14.2. The molecule has 176 valence electrons. The van der Waals surface area contributed by atoms with Gasteiger partial charge in [0.05, 0.1) is 40.1 Å². The van der Waals surface area contributed by atoms with E-state index in [1.165, 1.54) is 6.26 Å². The lowest BCUT2D eigenvalue weighted by Gasteiger charge is -2.16. The summed E-state index contributed by atoms with van der Waals surface area (Å²) in [7, 11) is 0. The number of carbonyl (C=O) groups excluding carboxylic acids is 1. The van der Waals surface area contributed by atoms with Gasteiger partial charge in [0.2, 0.25) is 0 Å². The second-order valence-electron chi connectivity index (χ2n) is 6.88. The molecule has 0 atom stereocenters. The number of fused-ring (bicyclic) bond motifs is 1. The largest absolute Gasteiger partial charge is 0.499 e. The second kappa shape index (κ2) is 12.4. The Hall–Kier alpha value is -2.08. The number of hydrogen-bond donors (Lipinski definition) is 2. The normalized spacial score (nSPS) is 10.9. The molecule has 1 aromatic heterocycles. The van der Waals surface area contributed by atoms with Crippen molar-refractivity contribution in [1.82, 2.24) is 15.0 Å². The molecule has 0 radical (unpaired) electrons. The van der Waals surface area contributed by atoms with Crippen LogP contribution in [0.1, 0.15) is 23.2 Å². The number of amides is 1. The highest BCUT2D eigenvalue weighted by Crippen LogP contribution is 2.34. The van der Waals surface area contributed by atoms with Crippen LogP contribution in [0.3, 0.4) is 0 Å². The number of nitrogens with one attached hydrogen (secondary N) is 2. The third kappa shape index (κ3) is 6.50. The number of hydrogen-bond acceptors (Lipinski definition) is 5. The van der Waals surface area contributed by atoms with Crippen molar-refractivity contribution in [2.75, 3.05) is 24.4 Å². The van der Waals surface area contributed by atoms with Crippen LogP contribution in [0.15, 0.2) is 43.4 Å². The Morgan fingerprint density at radius 1 is 1.30 bits per heavy atom. The number of nitrogens with zero attached hydrogens (tertiary/aromatic N) is 2. The third-order valence-electron chi connectivity index (χ3n) is 4.66. The summed E-state index contributed by atoms with van der Waals surface area (Å²) in [6.45, 7) is 4.31. The summed E-state index contributed by atoms with van der Waals surface area (Å²) in [5.74, 6) is -0.766. The highest BCUT2D eigenvalue weighted by Gasteiger charge is 2.23. The van der Waals surface area contributed by atoms with Gasteiger partial charge in [-0.1, -0.05) is 18.2 Å². The Bertz CT molecular complexity index is 1140. The first kappa shape index (κ1) is 25.5. The maximum absolute atomic E-state index is 15.6. The maximum Gasteiger partial charge on any atom is 0.277 e. The zero-order valence-corrected chi connectivity index (χ0v) is 21.2. The number of alkyl halides is 1. The van der Waals surface area contributed by atoms with Crippen LogP contribution < -0.4 is 10.8 Å². The first-order valence-electron chi connectivity index (χ1n) is 10.1. The van der Waals surface area contributed by atoms with Crippen LogP contribution in [0.5, 0.6) is 0 Å². The van der Waals surface area contributed by atoms with Crippen LogP contribution in [0, 0.1) is 9.39 Å². The molecule has 0 aliphatic rings. The van der Waals surface area contributed by atoms with E-state index in [1.54, 1.807) is 29.1 Å². The molecule has 33 heavy (non-hydrogen) atoms. The second-order valence-corrected chi connectivity index (χ2v) is 8.91. The van der Waals surface area contributed by atoms with Crippen LogP contribution >= 0.6 is 45.8 Å². The number of halogens is 4. The van der Waals surface area contributed by atoms with Crippen molar-refractivity contribution in [3.05, 3.63) is 63.4 Å². The average Bonchev–Trinajstić information content (AvgIpc) is 3.20. The number of hydroxylamine groups is 1. The van der Waals surface area contributed by atoms with E-state index in [0.717, 1.165) is 16.4 Å². The molecular formula is C22H22Cl2FIN4O3. The van der Waals surface area contributed by atoms with Gasteiger partial charge < -0.3 is 14.6 Å². The van der Waals surface area contributed by atoms with Crippen molar-refractivity contribution < 1.29 is 18.8 Å². The van der Waals surface area contributed by atoms with E-state index in [2.05, 4.69) is 45.0 Å². The minimum absolute atomic E-state index is 0.0401. The number of imidazole rings is 1. The lowest BCUT2D eigenvalue weighted by atomic mass is 10.1. The van der Waals surface area contributed by atoms with Crippen LogP contribution in [0.25, 0.3) is 11.0 Å². The summed E-state index contributed by atoms with van der Waals surface area (Å²) in [4.78, 5) is 22.3. The monoisotopic (exact) mass is 606 g/mol. The molecular weight excluding hydrogens is 585 g/mol. The first-order valence-corrected chi connectivity index (χ1v) is 12.1. The Labute approximate surface area is 214 Å². The van der Waals surface area contributed by atoms with Gasteiger partial charge in [0.15, 0.2) is 5.82 Å². The van der Waals surface area contributed by atoms with E-state index in [4.69, 9.17) is 32.8 Å². The predicted octanol–water partition coefficient (Wildman–Crippen LogP) is 6.02. The van der Waals surface area contributed by atoms with Gasteiger partial charge in [0, 0.05) is 16.0 Å². The highest BCUT2D eigenvalue weighted by molar-refractivity contribution is 14.1. The Morgan fingerprint density at radius 2 is 2.12 bits per heavy atom. The molecule has 1 heterocycles. The molecule has 0 saturated carbocycles. The van der Waals surface area contributed by atoms with Gasteiger partial charge in [0.25, 0.3) is 5.91 Å². The molecule has 2 N–H and O–H groups in total. The van der Waals surface area contributed by atoms with E-state index in [-0.39, 0.29) is 30.0 Å². The molecule has 0 aliphatic carbocycles. The molecule has 11 heteroatoms. The molecule has 0 unspecified atom stereocenters. The predicted molar refractivity (Wildman–Crippen MR) is 137 cm³/mol.